The quantitative estimate of drug-likeness (QED) is 0.799. The second kappa shape index (κ2) is 7.03. The molecule has 1 aromatic rings. The van der Waals surface area contributed by atoms with Crippen molar-refractivity contribution in [2.24, 2.45) is 11.5 Å². The van der Waals surface area contributed by atoms with Crippen LogP contribution in [0.2, 0.25) is 0 Å². The maximum Gasteiger partial charge on any atom is 0.240 e. The minimum Gasteiger partial charge on any atom is -0.464 e. The van der Waals surface area contributed by atoms with Gasteiger partial charge in [-0.1, -0.05) is 0 Å². The van der Waals surface area contributed by atoms with E-state index >= 15 is 0 Å². The van der Waals surface area contributed by atoms with Crippen molar-refractivity contribution in [3.8, 4) is 0 Å². The molecule has 0 spiro atoms. The Bertz CT molecular complexity index is 419. The Kier molecular flexibility index (Phi) is 6.43. The predicted molar refractivity (Wildman–Crippen MR) is 69.0 cm³/mol. The molecule has 0 radical (unpaired) electrons. The summed E-state index contributed by atoms with van der Waals surface area (Å²) >= 11 is 0. The molecule has 1 atom stereocenters. The van der Waals surface area contributed by atoms with Gasteiger partial charge in [-0.25, -0.2) is 0 Å². The fourth-order valence-electron chi connectivity index (χ4n) is 1.47. The minimum absolute atomic E-state index is 0. The van der Waals surface area contributed by atoms with E-state index in [1.807, 2.05) is 13.0 Å². The van der Waals surface area contributed by atoms with Gasteiger partial charge in [0.25, 0.3) is 0 Å². The number of halogens is 1. The maximum absolute atomic E-state index is 11.7. The third-order valence-electron chi connectivity index (χ3n) is 2.30. The monoisotopic (exact) mass is 275 g/mol. The Morgan fingerprint density at radius 1 is 1.44 bits per heavy atom. The van der Waals surface area contributed by atoms with Gasteiger partial charge in [-0.3, -0.25) is 9.59 Å². The van der Waals surface area contributed by atoms with Gasteiger partial charge in [-0.15, -0.1) is 12.4 Å². The largest absolute Gasteiger partial charge is 0.464 e. The first-order valence-electron chi connectivity index (χ1n) is 5.24. The van der Waals surface area contributed by atoms with Crippen LogP contribution in [0.1, 0.15) is 17.9 Å². The molecule has 1 aromatic heterocycles. The summed E-state index contributed by atoms with van der Waals surface area (Å²) in [7, 11) is 1.60. The first kappa shape index (κ1) is 16.5. The standard InChI is InChI=1S/C11H17N3O3.ClH/c1-7-3-4-8(17-7)6-14(2)11(16)9(12)5-10(13)15;/h3-4,9H,5-6,12H2,1-2H3,(H2,13,15);1H. The molecule has 0 aliphatic rings. The van der Waals surface area contributed by atoms with Gasteiger partial charge in [0.2, 0.25) is 11.8 Å². The van der Waals surface area contributed by atoms with Gasteiger partial charge in [-0.2, -0.15) is 0 Å². The number of carbonyl (C=O) groups is 2. The lowest BCUT2D eigenvalue weighted by Gasteiger charge is -2.19. The second-order valence-corrected chi connectivity index (χ2v) is 3.98. The lowest BCUT2D eigenvalue weighted by Crippen LogP contribution is -2.43. The molecule has 0 saturated carbocycles. The highest BCUT2D eigenvalue weighted by Crippen LogP contribution is 2.09. The zero-order chi connectivity index (χ0) is 13.0. The number of hydrogen-bond donors (Lipinski definition) is 2. The first-order chi connectivity index (χ1) is 7.90. The first-order valence-corrected chi connectivity index (χ1v) is 5.24. The van der Waals surface area contributed by atoms with Crippen molar-refractivity contribution < 1.29 is 14.0 Å². The molecule has 102 valence electrons. The van der Waals surface area contributed by atoms with Crippen molar-refractivity contribution >= 4 is 24.2 Å². The summed E-state index contributed by atoms with van der Waals surface area (Å²) in [6.45, 7) is 2.14. The lowest BCUT2D eigenvalue weighted by molar-refractivity contribution is -0.134. The van der Waals surface area contributed by atoms with Crippen LogP contribution in [0.15, 0.2) is 16.5 Å². The third-order valence-corrected chi connectivity index (χ3v) is 2.30. The fraction of sp³-hybridized carbons (Fsp3) is 0.455. The summed E-state index contributed by atoms with van der Waals surface area (Å²) < 4.78 is 5.34. The Morgan fingerprint density at radius 2 is 2.06 bits per heavy atom. The number of rotatable bonds is 5. The lowest BCUT2D eigenvalue weighted by atomic mass is 10.2. The van der Waals surface area contributed by atoms with Crippen LogP contribution < -0.4 is 11.5 Å². The van der Waals surface area contributed by atoms with Crippen LogP contribution in [-0.4, -0.2) is 29.8 Å². The number of primary amides is 1. The van der Waals surface area contributed by atoms with Crippen LogP contribution >= 0.6 is 12.4 Å². The van der Waals surface area contributed by atoms with Crippen LogP contribution in [0.4, 0.5) is 0 Å². The Balaban J connectivity index is 0.00000289. The van der Waals surface area contributed by atoms with Crippen LogP contribution in [0.25, 0.3) is 0 Å². The molecule has 0 aromatic carbocycles. The number of aryl methyl sites for hydroxylation is 1. The molecule has 1 heterocycles. The van der Waals surface area contributed by atoms with Crippen LogP contribution in [0.3, 0.4) is 0 Å². The van der Waals surface area contributed by atoms with E-state index in [2.05, 4.69) is 0 Å². The molecule has 7 heteroatoms. The van der Waals surface area contributed by atoms with Crippen LogP contribution in [-0.2, 0) is 16.1 Å². The molecule has 0 aliphatic heterocycles. The van der Waals surface area contributed by atoms with Gasteiger partial charge >= 0.3 is 0 Å². The van der Waals surface area contributed by atoms with E-state index in [-0.39, 0.29) is 24.7 Å². The van der Waals surface area contributed by atoms with Gasteiger partial charge in [0, 0.05) is 7.05 Å². The van der Waals surface area contributed by atoms with E-state index in [1.165, 1.54) is 4.90 Å². The average molecular weight is 276 g/mol. The molecule has 0 bridgehead atoms. The van der Waals surface area contributed by atoms with E-state index in [1.54, 1.807) is 13.1 Å². The molecule has 0 aliphatic carbocycles. The van der Waals surface area contributed by atoms with Crippen molar-refractivity contribution in [3.63, 3.8) is 0 Å². The van der Waals surface area contributed by atoms with E-state index < -0.39 is 11.9 Å². The SMILES string of the molecule is Cc1ccc(CN(C)C(=O)C(N)CC(N)=O)o1.Cl. The highest BCUT2D eigenvalue weighted by atomic mass is 35.5. The summed E-state index contributed by atoms with van der Waals surface area (Å²) in [5, 5.41) is 0. The van der Waals surface area contributed by atoms with Gasteiger partial charge in [0.05, 0.1) is 19.0 Å². The molecule has 18 heavy (non-hydrogen) atoms. The van der Waals surface area contributed by atoms with Gasteiger partial charge in [0.15, 0.2) is 0 Å². The number of amides is 2. The number of carbonyl (C=O) groups excluding carboxylic acids is 2. The highest BCUT2D eigenvalue weighted by molar-refractivity contribution is 5.87. The second-order valence-electron chi connectivity index (χ2n) is 3.98. The van der Waals surface area contributed by atoms with E-state index in [0.717, 1.165) is 5.76 Å². The predicted octanol–water partition coefficient (Wildman–Crippen LogP) is 0.171. The van der Waals surface area contributed by atoms with Gasteiger partial charge < -0.3 is 20.8 Å². The Morgan fingerprint density at radius 3 is 2.50 bits per heavy atom. The van der Waals surface area contributed by atoms with E-state index in [9.17, 15) is 9.59 Å². The minimum atomic E-state index is -0.895. The number of hydrogen-bond acceptors (Lipinski definition) is 4. The highest BCUT2D eigenvalue weighted by Gasteiger charge is 2.20. The molecule has 4 N–H and O–H groups in total. The number of nitrogens with zero attached hydrogens (tertiary/aromatic N) is 1. The summed E-state index contributed by atoms with van der Waals surface area (Å²) in [6.07, 6.45) is -0.152. The van der Waals surface area contributed by atoms with E-state index in [4.69, 9.17) is 15.9 Å². The summed E-state index contributed by atoms with van der Waals surface area (Å²) in [4.78, 5) is 23.8. The van der Waals surface area contributed by atoms with Crippen LogP contribution in [0.5, 0.6) is 0 Å². The number of nitrogens with two attached hydrogens (primary N) is 2. The van der Waals surface area contributed by atoms with Crippen LogP contribution in [0, 0.1) is 6.92 Å². The average Bonchev–Trinajstić information content (AvgIpc) is 2.61. The fourth-order valence-corrected chi connectivity index (χ4v) is 1.47. The Hall–Kier alpha value is -1.53. The van der Waals surface area contributed by atoms with Gasteiger partial charge in [0.1, 0.15) is 11.5 Å². The zero-order valence-electron chi connectivity index (χ0n) is 10.4. The molecule has 0 saturated heterocycles. The van der Waals surface area contributed by atoms with E-state index in [0.29, 0.717) is 12.3 Å². The summed E-state index contributed by atoms with van der Waals surface area (Å²) in [5.41, 5.74) is 10.5. The third kappa shape index (κ3) is 4.77. The number of likely N-dealkylation sites (N-methyl/N-ethyl adjacent to an activating group) is 1. The van der Waals surface area contributed by atoms with Crippen molar-refractivity contribution in [1.82, 2.24) is 4.90 Å². The van der Waals surface area contributed by atoms with Crippen molar-refractivity contribution in [2.45, 2.75) is 25.9 Å². The molecule has 1 unspecified atom stereocenters. The van der Waals surface area contributed by atoms with Crippen molar-refractivity contribution in [1.29, 1.82) is 0 Å². The normalized spacial score (nSPS) is 11.5. The smallest absolute Gasteiger partial charge is 0.240 e. The zero-order valence-corrected chi connectivity index (χ0v) is 11.2. The molecule has 2 amide bonds. The summed E-state index contributed by atoms with van der Waals surface area (Å²) in [5.74, 6) is 0.526. The topological polar surface area (TPSA) is 103 Å². The molecule has 1 rings (SSSR count). The Labute approximate surface area is 112 Å². The van der Waals surface area contributed by atoms with Crippen molar-refractivity contribution in [3.05, 3.63) is 23.7 Å². The maximum atomic E-state index is 11.7. The molecule has 6 nitrogen and oxygen atoms in total. The number of furan rings is 1. The molecular formula is C11H18ClN3O3. The van der Waals surface area contributed by atoms with Gasteiger partial charge in [-0.05, 0) is 19.1 Å². The summed E-state index contributed by atoms with van der Waals surface area (Å²) in [6, 6.07) is 2.71. The molecular weight excluding hydrogens is 258 g/mol. The van der Waals surface area contributed by atoms with Crippen molar-refractivity contribution in [2.75, 3.05) is 7.05 Å². The molecule has 0 fully saturated rings.